The second-order valence-electron chi connectivity index (χ2n) is 5.59. The molecule has 2 N–H and O–H groups in total. The van der Waals surface area contributed by atoms with Crippen LogP contribution in [0.1, 0.15) is 50.6 Å². The molecule has 2 rings (SSSR count). The largest absolute Gasteiger partial charge is 0.494 e. The third-order valence-corrected chi connectivity index (χ3v) is 4.28. The summed E-state index contributed by atoms with van der Waals surface area (Å²) in [4.78, 5) is 0. The van der Waals surface area contributed by atoms with Crippen molar-refractivity contribution in [3.8, 4) is 5.75 Å². The van der Waals surface area contributed by atoms with Gasteiger partial charge in [-0.15, -0.1) is 0 Å². The van der Waals surface area contributed by atoms with Crippen molar-refractivity contribution in [2.45, 2.75) is 45.1 Å². The Morgan fingerprint density at radius 3 is 2.50 bits per heavy atom. The molecule has 1 aliphatic carbocycles. The summed E-state index contributed by atoms with van der Waals surface area (Å²) in [6.45, 7) is 2.22. The number of nitrogens with two attached hydrogens (primary N) is 1. The fourth-order valence-corrected chi connectivity index (χ4v) is 2.95. The average Bonchev–Trinajstić information content (AvgIpc) is 2.38. The van der Waals surface area contributed by atoms with Gasteiger partial charge < -0.3 is 10.5 Å². The summed E-state index contributed by atoms with van der Waals surface area (Å²) in [7, 11) is 1.47. The minimum absolute atomic E-state index is 0.0965. The van der Waals surface area contributed by atoms with Crippen LogP contribution in [0.15, 0.2) is 18.2 Å². The van der Waals surface area contributed by atoms with Gasteiger partial charge >= 0.3 is 0 Å². The van der Waals surface area contributed by atoms with Gasteiger partial charge in [-0.2, -0.15) is 0 Å². The summed E-state index contributed by atoms with van der Waals surface area (Å²) in [5, 5.41) is 0. The highest BCUT2D eigenvalue weighted by molar-refractivity contribution is 5.31. The quantitative estimate of drug-likeness (QED) is 0.886. The molecule has 3 heteroatoms. The van der Waals surface area contributed by atoms with E-state index in [1.54, 1.807) is 6.07 Å². The Labute approximate surface area is 108 Å². The molecule has 1 aromatic carbocycles. The Kier molecular flexibility index (Phi) is 3.91. The van der Waals surface area contributed by atoms with Crippen molar-refractivity contribution in [2.24, 2.45) is 11.1 Å². The molecule has 0 saturated heterocycles. The van der Waals surface area contributed by atoms with E-state index in [2.05, 4.69) is 6.92 Å². The van der Waals surface area contributed by atoms with E-state index in [-0.39, 0.29) is 23.0 Å². The van der Waals surface area contributed by atoms with Crippen molar-refractivity contribution in [1.29, 1.82) is 0 Å². The SMILES string of the molecule is COc1ccc(C(N)C2(C)CCCCC2)cc1F. The molecule has 1 aromatic rings. The van der Waals surface area contributed by atoms with Crippen LogP contribution < -0.4 is 10.5 Å². The summed E-state index contributed by atoms with van der Waals surface area (Å²) in [6.07, 6.45) is 5.99. The minimum atomic E-state index is -0.329. The molecule has 2 nitrogen and oxygen atoms in total. The Balaban J connectivity index is 2.22. The fraction of sp³-hybridized carbons (Fsp3) is 0.600. The van der Waals surface area contributed by atoms with E-state index in [1.807, 2.05) is 6.07 Å². The van der Waals surface area contributed by atoms with Crippen LogP contribution in [0.5, 0.6) is 5.75 Å². The highest BCUT2D eigenvalue weighted by Gasteiger charge is 2.34. The van der Waals surface area contributed by atoms with Crippen LogP contribution >= 0.6 is 0 Å². The molecule has 0 aromatic heterocycles. The van der Waals surface area contributed by atoms with Gasteiger partial charge in [0.25, 0.3) is 0 Å². The van der Waals surface area contributed by atoms with Gasteiger partial charge in [-0.25, -0.2) is 4.39 Å². The maximum absolute atomic E-state index is 13.7. The predicted molar refractivity (Wildman–Crippen MR) is 71.1 cm³/mol. The van der Waals surface area contributed by atoms with E-state index < -0.39 is 0 Å². The highest BCUT2D eigenvalue weighted by Crippen LogP contribution is 2.44. The second-order valence-corrected chi connectivity index (χ2v) is 5.59. The van der Waals surface area contributed by atoms with Crippen molar-refractivity contribution < 1.29 is 9.13 Å². The number of halogens is 1. The monoisotopic (exact) mass is 251 g/mol. The van der Waals surface area contributed by atoms with Crippen LogP contribution in [0.4, 0.5) is 4.39 Å². The van der Waals surface area contributed by atoms with Gasteiger partial charge in [0.05, 0.1) is 7.11 Å². The highest BCUT2D eigenvalue weighted by atomic mass is 19.1. The van der Waals surface area contributed by atoms with Crippen molar-refractivity contribution in [3.63, 3.8) is 0 Å². The first-order valence-corrected chi connectivity index (χ1v) is 6.66. The number of rotatable bonds is 3. The molecule has 0 amide bonds. The number of hydrogen-bond donors (Lipinski definition) is 1. The van der Waals surface area contributed by atoms with Gasteiger partial charge in [-0.1, -0.05) is 32.3 Å². The number of ether oxygens (including phenoxy) is 1. The van der Waals surface area contributed by atoms with Gasteiger partial charge in [0.2, 0.25) is 0 Å². The lowest BCUT2D eigenvalue weighted by Gasteiger charge is -2.39. The van der Waals surface area contributed by atoms with Crippen LogP contribution in [-0.2, 0) is 0 Å². The molecule has 0 radical (unpaired) electrons. The average molecular weight is 251 g/mol. The lowest BCUT2D eigenvalue weighted by atomic mass is 9.69. The number of hydrogen-bond acceptors (Lipinski definition) is 2. The molecular weight excluding hydrogens is 229 g/mol. The lowest BCUT2D eigenvalue weighted by Crippen LogP contribution is -2.33. The summed E-state index contributed by atoms with van der Waals surface area (Å²) in [5.41, 5.74) is 7.33. The lowest BCUT2D eigenvalue weighted by molar-refractivity contribution is 0.170. The second kappa shape index (κ2) is 5.27. The topological polar surface area (TPSA) is 35.2 Å². The molecule has 100 valence electrons. The van der Waals surface area contributed by atoms with E-state index in [0.29, 0.717) is 0 Å². The minimum Gasteiger partial charge on any atom is -0.494 e. The maximum Gasteiger partial charge on any atom is 0.165 e. The molecule has 1 saturated carbocycles. The van der Waals surface area contributed by atoms with E-state index in [9.17, 15) is 4.39 Å². The molecule has 1 fully saturated rings. The van der Waals surface area contributed by atoms with Gasteiger partial charge in [0.15, 0.2) is 11.6 Å². The van der Waals surface area contributed by atoms with Crippen molar-refractivity contribution >= 4 is 0 Å². The third kappa shape index (κ3) is 2.51. The molecule has 1 aliphatic rings. The number of benzene rings is 1. The molecule has 0 aliphatic heterocycles. The van der Waals surface area contributed by atoms with Crippen LogP contribution in [0.3, 0.4) is 0 Å². The van der Waals surface area contributed by atoms with Gasteiger partial charge in [0.1, 0.15) is 0 Å². The Hall–Kier alpha value is -1.09. The summed E-state index contributed by atoms with van der Waals surface area (Å²) < 4.78 is 18.7. The van der Waals surface area contributed by atoms with Crippen LogP contribution in [0.25, 0.3) is 0 Å². The van der Waals surface area contributed by atoms with E-state index in [1.165, 1.54) is 32.4 Å². The van der Waals surface area contributed by atoms with Gasteiger partial charge in [0, 0.05) is 6.04 Å². The zero-order valence-electron chi connectivity index (χ0n) is 11.2. The molecule has 0 bridgehead atoms. The van der Waals surface area contributed by atoms with Crippen molar-refractivity contribution in [2.75, 3.05) is 7.11 Å². The zero-order valence-corrected chi connectivity index (χ0v) is 11.2. The first-order chi connectivity index (χ1) is 8.57. The summed E-state index contributed by atoms with van der Waals surface area (Å²) >= 11 is 0. The Morgan fingerprint density at radius 1 is 1.28 bits per heavy atom. The molecule has 1 unspecified atom stereocenters. The molecule has 0 spiro atoms. The van der Waals surface area contributed by atoms with Crippen molar-refractivity contribution in [1.82, 2.24) is 0 Å². The fourth-order valence-electron chi connectivity index (χ4n) is 2.95. The normalized spacial score (nSPS) is 20.4. The van der Waals surface area contributed by atoms with Crippen LogP contribution in [0, 0.1) is 11.2 Å². The van der Waals surface area contributed by atoms with E-state index in [0.717, 1.165) is 18.4 Å². The van der Waals surface area contributed by atoms with E-state index >= 15 is 0 Å². The van der Waals surface area contributed by atoms with Crippen LogP contribution in [0.2, 0.25) is 0 Å². The first kappa shape index (κ1) is 13.3. The Bertz CT molecular complexity index is 413. The molecule has 18 heavy (non-hydrogen) atoms. The molecule has 0 heterocycles. The van der Waals surface area contributed by atoms with E-state index in [4.69, 9.17) is 10.5 Å². The summed E-state index contributed by atoms with van der Waals surface area (Å²) in [6, 6.07) is 4.96. The van der Waals surface area contributed by atoms with Gasteiger partial charge in [-0.3, -0.25) is 0 Å². The Morgan fingerprint density at radius 2 is 1.94 bits per heavy atom. The number of methoxy groups -OCH3 is 1. The molecular formula is C15H22FNO. The third-order valence-electron chi connectivity index (χ3n) is 4.28. The first-order valence-electron chi connectivity index (χ1n) is 6.66. The van der Waals surface area contributed by atoms with Crippen LogP contribution in [-0.4, -0.2) is 7.11 Å². The zero-order chi connectivity index (χ0) is 13.2. The molecule has 1 atom stereocenters. The summed E-state index contributed by atoms with van der Waals surface area (Å²) in [5.74, 6) is -0.0513. The predicted octanol–water partition coefficient (Wildman–Crippen LogP) is 3.80. The standard InChI is InChI=1S/C15H22FNO/c1-15(8-4-3-5-9-15)14(17)11-6-7-13(18-2)12(16)10-11/h6-7,10,14H,3-5,8-9,17H2,1-2H3. The van der Waals surface area contributed by atoms with Gasteiger partial charge in [-0.05, 0) is 36.0 Å². The smallest absolute Gasteiger partial charge is 0.165 e. The maximum atomic E-state index is 13.7. The van der Waals surface area contributed by atoms with Crippen molar-refractivity contribution in [3.05, 3.63) is 29.6 Å².